The molecule has 0 atom stereocenters. The Balaban J connectivity index is 3.05. The van der Waals surface area contributed by atoms with E-state index in [1.807, 2.05) is 0 Å². The third-order valence-electron chi connectivity index (χ3n) is 7.02. The molecule has 4 heteroatoms. The molecular weight excluding hydrogens is 436 g/mol. The molecule has 0 radical (unpaired) electrons. The van der Waals surface area contributed by atoms with Crippen LogP contribution in [0.5, 0.6) is 0 Å². The van der Waals surface area contributed by atoms with Crippen molar-refractivity contribution in [3.8, 4) is 0 Å². The van der Waals surface area contributed by atoms with Crippen LogP contribution in [0.4, 0.5) is 0 Å². The Kier molecular flexibility index (Phi) is 27.8. The van der Waals surface area contributed by atoms with Crippen molar-refractivity contribution in [2.45, 2.75) is 173 Å². The molecule has 0 aliphatic carbocycles. The summed E-state index contributed by atoms with van der Waals surface area (Å²) in [5.41, 5.74) is 0. The standard InChI is InChI=1S/C31H58O4/c32-30(33)28-26-24-22-20-18-16-14-12-10-8-6-4-2-1-3-5-7-9-11-13-15-17-19-21-23-25-27-29-31(34)35/h26,28H,1-25,27,29H2,(H,32,33)(H,34,35). The first-order valence-corrected chi connectivity index (χ1v) is 15.2. The Bertz CT molecular complexity index is 486. The molecule has 0 heterocycles. The molecule has 0 bridgehead atoms. The molecule has 35 heavy (non-hydrogen) atoms. The van der Waals surface area contributed by atoms with E-state index in [4.69, 9.17) is 10.2 Å². The van der Waals surface area contributed by atoms with Crippen molar-refractivity contribution >= 4 is 11.9 Å². The van der Waals surface area contributed by atoms with E-state index in [2.05, 4.69) is 0 Å². The van der Waals surface area contributed by atoms with Crippen LogP contribution in [-0.2, 0) is 9.59 Å². The zero-order valence-electron chi connectivity index (χ0n) is 23.0. The van der Waals surface area contributed by atoms with Crippen LogP contribution in [0.2, 0.25) is 0 Å². The first-order valence-electron chi connectivity index (χ1n) is 15.2. The minimum absolute atomic E-state index is 0.335. The van der Waals surface area contributed by atoms with Crippen molar-refractivity contribution < 1.29 is 19.8 Å². The van der Waals surface area contributed by atoms with Gasteiger partial charge in [0.05, 0.1) is 0 Å². The van der Waals surface area contributed by atoms with E-state index < -0.39 is 11.9 Å². The van der Waals surface area contributed by atoms with Gasteiger partial charge in [0.1, 0.15) is 0 Å². The SMILES string of the molecule is O=C(O)C=CCCCCCCCCCCCCCCCCCCCCCCCCCCCC(=O)O. The zero-order chi connectivity index (χ0) is 25.7. The van der Waals surface area contributed by atoms with E-state index in [1.54, 1.807) is 6.08 Å². The summed E-state index contributed by atoms with van der Waals surface area (Å²) in [6.07, 6.45) is 37.4. The van der Waals surface area contributed by atoms with Crippen molar-refractivity contribution in [1.29, 1.82) is 0 Å². The average molecular weight is 495 g/mol. The van der Waals surface area contributed by atoms with Crippen LogP contribution in [0.25, 0.3) is 0 Å². The monoisotopic (exact) mass is 494 g/mol. The number of rotatable bonds is 29. The normalized spacial score (nSPS) is 11.4. The van der Waals surface area contributed by atoms with Crippen LogP contribution in [0.3, 0.4) is 0 Å². The molecule has 4 nitrogen and oxygen atoms in total. The van der Waals surface area contributed by atoms with Crippen molar-refractivity contribution in [2.24, 2.45) is 0 Å². The highest BCUT2D eigenvalue weighted by Crippen LogP contribution is 2.16. The Hall–Kier alpha value is -1.32. The number of carboxylic acid groups (broad SMARTS) is 2. The molecule has 0 aromatic rings. The minimum atomic E-state index is -0.838. The van der Waals surface area contributed by atoms with E-state index in [0.29, 0.717) is 6.42 Å². The summed E-state index contributed by atoms with van der Waals surface area (Å²) in [4.78, 5) is 20.8. The van der Waals surface area contributed by atoms with Gasteiger partial charge in [-0.15, -0.1) is 0 Å². The fourth-order valence-electron chi connectivity index (χ4n) is 4.79. The molecule has 0 aromatic carbocycles. The lowest BCUT2D eigenvalue weighted by Crippen LogP contribution is -1.93. The van der Waals surface area contributed by atoms with Gasteiger partial charge < -0.3 is 10.2 Å². The predicted molar refractivity (Wildman–Crippen MR) is 149 cm³/mol. The molecule has 0 fully saturated rings. The second-order valence-electron chi connectivity index (χ2n) is 10.5. The van der Waals surface area contributed by atoms with Crippen LogP contribution >= 0.6 is 0 Å². The lowest BCUT2D eigenvalue weighted by molar-refractivity contribution is -0.137. The van der Waals surface area contributed by atoms with Gasteiger partial charge in [-0.05, 0) is 19.3 Å². The molecule has 0 saturated heterocycles. The van der Waals surface area contributed by atoms with E-state index >= 15 is 0 Å². The van der Waals surface area contributed by atoms with Crippen molar-refractivity contribution in [1.82, 2.24) is 0 Å². The number of aliphatic carboxylic acids is 2. The maximum Gasteiger partial charge on any atom is 0.327 e. The number of hydrogen-bond acceptors (Lipinski definition) is 2. The average Bonchev–Trinajstić information content (AvgIpc) is 2.82. The van der Waals surface area contributed by atoms with Crippen molar-refractivity contribution in [3.05, 3.63) is 12.2 Å². The van der Waals surface area contributed by atoms with Gasteiger partial charge >= 0.3 is 11.9 Å². The maximum atomic E-state index is 10.4. The first kappa shape index (κ1) is 33.7. The smallest absolute Gasteiger partial charge is 0.327 e. The van der Waals surface area contributed by atoms with E-state index in [0.717, 1.165) is 25.7 Å². The van der Waals surface area contributed by atoms with Crippen molar-refractivity contribution in [3.63, 3.8) is 0 Å². The van der Waals surface area contributed by atoms with Gasteiger partial charge in [0.25, 0.3) is 0 Å². The summed E-state index contributed by atoms with van der Waals surface area (Å²) in [5, 5.41) is 17.1. The maximum absolute atomic E-state index is 10.4. The number of allylic oxidation sites excluding steroid dienone is 1. The first-order chi connectivity index (χ1) is 17.1. The molecule has 0 unspecified atom stereocenters. The fourth-order valence-corrected chi connectivity index (χ4v) is 4.79. The van der Waals surface area contributed by atoms with Gasteiger partial charge in [0.2, 0.25) is 0 Å². The quantitative estimate of drug-likeness (QED) is 0.0801. The third kappa shape index (κ3) is 32.7. The molecule has 0 amide bonds. The number of hydrogen-bond donors (Lipinski definition) is 2. The van der Waals surface area contributed by atoms with Gasteiger partial charge in [0, 0.05) is 12.5 Å². The summed E-state index contributed by atoms with van der Waals surface area (Å²) in [5.74, 6) is -1.50. The molecule has 0 rings (SSSR count). The molecule has 0 spiro atoms. The lowest BCUT2D eigenvalue weighted by atomic mass is 10.0. The van der Waals surface area contributed by atoms with E-state index in [-0.39, 0.29) is 0 Å². The largest absolute Gasteiger partial charge is 0.481 e. The van der Waals surface area contributed by atoms with E-state index in [9.17, 15) is 9.59 Å². The van der Waals surface area contributed by atoms with Gasteiger partial charge in [-0.2, -0.15) is 0 Å². The van der Waals surface area contributed by atoms with Crippen LogP contribution in [-0.4, -0.2) is 22.2 Å². The van der Waals surface area contributed by atoms with Gasteiger partial charge in [0.15, 0.2) is 0 Å². The van der Waals surface area contributed by atoms with Crippen molar-refractivity contribution in [2.75, 3.05) is 0 Å². The highest BCUT2D eigenvalue weighted by molar-refractivity contribution is 5.79. The molecule has 2 N–H and O–H groups in total. The summed E-state index contributed by atoms with van der Waals surface area (Å²) >= 11 is 0. The fraction of sp³-hybridized carbons (Fsp3) is 0.871. The number of carbonyl (C=O) groups is 2. The number of unbranched alkanes of at least 4 members (excludes halogenated alkanes) is 25. The van der Waals surface area contributed by atoms with Crippen LogP contribution in [0.15, 0.2) is 12.2 Å². The molecule has 0 saturated carbocycles. The third-order valence-corrected chi connectivity index (χ3v) is 7.02. The Morgan fingerprint density at radius 3 is 0.914 bits per heavy atom. The summed E-state index contributed by atoms with van der Waals surface area (Å²) in [7, 11) is 0. The van der Waals surface area contributed by atoms with Crippen LogP contribution in [0, 0.1) is 0 Å². The highest BCUT2D eigenvalue weighted by Gasteiger charge is 1.98. The second kappa shape index (κ2) is 28.9. The Morgan fingerprint density at radius 2 is 0.657 bits per heavy atom. The topological polar surface area (TPSA) is 74.6 Å². The lowest BCUT2D eigenvalue weighted by Gasteiger charge is -2.04. The minimum Gasteiger partial charge on any atom is -0.481 e. The molecule has 0 aliphatic rings. The predicted octanol–water partition coefficient (Wildman–Crippen LogP) is 10.2. The summed E-state index contributed by atoms with van der Waals surface area (Å²) in [6, 6.07) is 0. The van der Waals surface area contributed by atoms with Crippen LogP contribution < -0.4 is 0 Å². The van der Waals surface area contributed by atoms with E-state index in [1.165, 1.54) is 147 Å². The number of carboxylic acids is 2. The molecule has 206 valence electrons. The molecule has 0 aromatic heterocycles. The zero-order valence-corrected chi connectivity index (χ0v) is 23.0. The molecule has 0 aliphatic heterocycles. The Labute approximate surface area is 217 Å². The van der Waals surface area contributed by atoms with Gasteiger partial charge in [-0.1, -0.05) is 154 Å². The second-order valence-corrected chi connectivity index (χ2v) is 10.5. The molecular formula is C31H58O4. The van der Waals surface area contributed by atoms with Crippen LogP contribution in [0.1, 0.15) is 173 Å². The highest BCUT2D eigenvalue weighted by atomic mass is 16.4. The Morgan fingerprint density at radius 1 is 0.400 bits per heavy atom. The van der Waals surface area contributed by atoms with Gasteiger partial charge in [-0.3, -0.25) is 4.79 Å². The van der Waals surface area contributed by atoms with Gasteiger partial charge in [-0.25, -0.2) is 4.79 Å². The summed E-state index contributed by atoms with van der Waals surface area (Å²) in [6.45, 7) is 0. The summed E-state index contributed by atoms with van der Waals surface area (Å²) < 4.78 is 0.